The lowest BCUT2D eigenvalue weighted by Crippen LogP contribution is -2.43. The maximum absolute atomic E-state index is 5.76. The highest BCUT2D eigenvalue weighted by Gasteiger charge is 2.25. The Kier molecular flexibility index (Phi) is 3.30. The summed E-state index contributed by atoms with van der Waals surface area (Å²) in [6, 6.07) is 0.187. The van der Waals surface area contributed by atoms with E-state index in [0.717, 1.165) is 12.8 Å². The first-order valence-corrected chi connectivity index (χ1v) is 4.26. The molecular weight excluding hydrogens is 142 g/mol. The zero-order chi connectivity index (χ0) is 8.27. The van der Waals surface area contributed by atoms with Gasteiger partial charge in [0, 0.05) is 12.6 Å². The van der Waals surface area contributed by atoms with E-state index < -0.39 is 0 Å². The molecule has 0 bridgehead atoms. The number of rotatable bonds is 2. The van der Waals surface area contributed by atoms with Crippen LogP contribution in [0.3, 0.4) is 0 Å². The highest BCUT2D eigenvalue weighted by Crippen LogP contribution is 2.18. The minimum atomic E-state index is -0.0187. The molecule has 3 atom stereocenters. The Morgan fingerprint density at radius 2 is 2.27 bits per heavy atom. The Morgan fingerprint density at radius 1 is 1.55 bits per heavy atom. The van der Waals surface area contributed by atoms with E-state index >= 15 is 0 Å². The molecule has 11 heavy (non-hydrogen) atoms. The van der Waals surface area contributed by atoms with Crippen LogP contribution in [0, 0.1) is 0 Å². The van der Waals surface area contributed by atoms with Gasteiger partial charge in [0.05, 0.1) is 6.10 Å². The Balaban J connectivity index is 2.28. The first-order valence-electron chi connectivity index (χ1n) is 4.26. The van der Waals surface area contributed by atoms with Gasteiger partial charge in [0.2, 0.25) is 0 Å². The van der Waals surface area contributed by atoms with Crippen molar-refractivity contribution in [2.45, 2.75) is 45.1 Å². The smallest absolute Gasteiger partial charge is 0.158 e. The van der Waals surface area contributed by atoms with Gasteiger partial charge in [0.15, 0.2) is 6.29 Å². The van der Waals surface area contributed by atoms with E-state index in [0.29, 0.717) is 6.61 Å². The fourth-order valence-corrected chi connectivity index (χ4v) is 1.28. The number of nitrogens with two attached hydrogens (primary N) is 1. The van der Waals surface area contributed by atoms with E-state index in [9.17, 15) is 0 Å². The van der Waals surface area contributed by atoms with Gasteiger partial charge in [-0.15, -0.1) is 0 Å². The summed E-state index contributed by atoms with van der Waals surface area (Å²) in [7, 11) is 0. The number of hydrogen-bond donors (Lipinski definition) is 1. The van der Waals surface area contributed by atoms with Crippen molar-refractivity contribution in [1.29, 1.82) is 0 Å². The molecule has 0 aliphatic carbocycles. The lowest BCUT2D eigenvalue weighted by Gasteiger charge is -2.31. The molecule has 1 rings (SSSR count). The van der Waals surface area contributed by atoms with Gasteiger partial charge in [-0.3, -0.25) is 0 Å². The van der Waals surface area contributed by atoms with Crippen molar-refractivity contribution in [3.8, 4) is 0 Å². The average molecular weight is 159 g/mol. The molecule has 3 heteroatoms. The van der Waals surface area contributed by atoms with Crippen LogP contribution < -0.4 is 5.73 Å². The summed E-state index contributed by atoms with van der Waals surface area (Å²) in [5.41, 5.74) is 5.76. The monoisotopic (exact) mass is 159 g/mol. The maximum atomic E-state index is 5.76. The lowest BCUT2D eigenvalue weighted by atomic mass is 10.0. The van der Waals surface area contributed by atoms with Crippen molar-refractivity contribution < 1.29 is 9.47 Å². The van der Waals surface area contributed by atoms with Crippen LogP contribution in [0.4, 0.5) is 0 Å². The first kappa shape index (κ1) is 8.97. The topological polar surface area (TPSA) is 44.5 Å². The zero-order valence-electron chi connectivity index (χ0n) is 7.25. The third kappa shape index (κ3) is 2.43. The zero-order valence-corrected chi connectivity index (χ0v) is 7.25. The third-order valence-electron chi connectivity index (χ3n) is 2.06. The standard InChI is InChI=1S/C8H17NO2/c1-3-10-8-5-4-7(9)6(2)11-8/h6-8H,3-5,9H2,1-2H3/t6-,7-,8+/m1/s1. The van der Waals surface area contributed by atoms with Gasteiger partial charge in [-0.1, -0.05) is 0 Å². The fourth-order valence-electron chi connectivity index (χ4n) is 1.28. The van der Waals surface area contributed by atoms with Crippen LogP contribution in [0.5, 0.6) is 0 Å². The van der Waals surface area contributed by atoms with Crippen LogP contribution in [0.15, 0.2) is 0 Å². The molecule has 1 heterocycles. The van der Waals surface area contributed by atoms with Crippen LogP contribution in [0.25, 0.3) is 0 Å². The lowest BCUT2D eigenvalue weighted by molar-refractivity contribution is -0.191. The normalized spacial score (nSPS) is 39.0. The van der Waals surface area contributed by atoms with E-state index in [4.69, 9.17) is 15.2 Å². The van der Waals surface area contributed by atoms with Crippen molar-refractivity contribution in [3.05, 3.63) is 0 Å². The molecule has 1 saturated heterocycles. The molecular formula is C8H17NO2. The second-order valence-electron chi connectivity index (χ2n) is 2.97. The van der Waals surface area contributed by atoms with Gasteiger partial charge >= 0.3 is 0 Å². The molecule has 0 aromatic heterocycles. The van der Waals surface area contributed by atoms with Gasteiger partial charge in [0.25, 0.3) is 0 Å². The van der Waals surface area contributed by atoms with Gasteiger partial charge in [-0.2, -0.15) is 0 Å². The molecule has 66 valence electrons. The summed E-state index contributed by atoms with van der Waals surface area (Å²) in [6.45, 7) is 4.69. The molecule has 0 unspecified atom stereocenters. The molecule has 0 amide bonds. The molecule has 0 spiro atoms. The summed E-state index contributed by atoms with van der Waals surface area (Å²) in [4.78, 5) is 0. The molecule has 2 N–H and O–H groups in total. The van der Waals surface area contributed by atoms with E-state index in [2.05, 4.69) is 0 Å². The SMILES string of the molecule is CCO[C@@H]1CC[C@@H](N)[C@@H](C)O1. The Morgan fingerprint density at radius 3 is 2.82 bits per heavy atom. The van der Waals surface area contributed by atoms with Crippen LogP contribution >= 0.6 is 0 Å². The Labute approximate surface area is 67.9 Å². The van der Waals surface area contributed by atoms with E-state index in [1.165, 1.54) is 0 Å². The van der Waals surface area contributed by atoms with Crippen LogP contribution in [-0.2, 0) is 9.47 Å². The number of hydrogen-bond acceptors (Lipinski definition) is 3. The molecule has 0 radical (unpaired) electrons. The molecule has 1 fully saturated rings. The maximum Gasteiger partial charge on any atom is 0.158 e. The van der Waals surface area contributed by atoms with E-state index in [1.807, 2.05) is 13.8 Å². The van der Waals surface area contributed by atoms with E-state index in [1.54, 1.807) is 0 Å². The molecule has 0 aromatic rings. The highest BCUT2D eigenvalue weighted by atomic mass is 16.7. The Bertz CT molecular complexity index is 119. The van der Waals surface area contributed by atoms with Crippen molar-refractivity contribution in [1.82, 2.24) is 0 Å². The molecule has 1 aliphatic rings. The predicted octanol–water partition coefficient (Wildman–Crippen LogP) is 0.875. The van der Waals surface area contributed by atoms with Crippen LogP contribution in [0.2, 0.25) is 0 Å². The summed E-state index contributed by atoms with van der Waals surface area (Å²) >= 11 is 0. The molecule has 3 nitrogen and oxygen atoms in total. The average Bonchev–Trinajstić information content (AvgIpc) is 1.98. The van der Waals surface area contributed by atoms with Gasteiger partial charge in [-0.05, 0) is 26.7 Å². The fraction of sp³-hybridized carbons (Fsp3) is 1.00. The Hall–Kier alpha value is -0.120. The molecule has 1 aliphatic heterocycles. The minimum Gasteiger partial charge on any atom is -0.353 e. The van der Waals surface area contributed by atoms with E-state index in [-0.39, 0.29) is 18.4 Å². The van der Waals surface area contributed by atoms with Gasteiger partial charge < -0.3 is 15.2 Å². The predicted molar refractivity (Wildman–Crippen MR) is 43.2 cm³/mol. The second-order valence-corrected chi connectivity index (χ2v) is 2.97. The highest BCUT2D eigenvalue weighted by molar-refractivity contribution is 4.75. The second kappa shape index (κ2) is 4.04. The van der Waals surface area contributed by atoms with Crippen LogP contribution in [0.1, 0.15) is 26.7 Å². The summed E-state index contributed by atoms with van der Waals surface area (Å²) in [6.07, 6.45) is 2.06. The third-order valence-corrected chi connectivity index (χ3v) is 2.06. The minimum absolute atomic E-state index is 0.0187. The molecule has 0 saturated carbocycles. The van der Waals surface area contributed by atoms with Crippen molar-refractivity contribution in [3.63, 3.8) is 0 Å². The van der Waals surface area contributed by atoms with Crippen molar-refractivity contribution in [2.75, 3.05) is 6.61 Å². The summed E-state index contributed by atoms with van der Waals surface area (Å²) in [5, 5.41) is 0. The van der Waals surface area contributed by atoms with Crippen LogP contribution in [-0.4, -0.2) is 25.0 Å². The van der Waals surface area contributed by atoms with Gasteiger partial charge in [-0.25, -0.2) is 0 Å². The van der Waals surface area contributed by atoms with Crippen molar-refractivity contribution in [2.24, 2.45) is 5.73 Å². The summed E-state index contributed by atoms with van der Waals surface area (Å²) in [5.74, 6) is 0. The summed E-state index contributed by atoms with van der Waals surface area (Å²) < 4.78 is 10.8. The quantitative estimate of drug-likeness (QED) is 0.650. The van der Waals surface area contributed by atoms with Gasteiger partial charge in [0.1, 0.15) is 0 Å². The molecule has 0 aromatic carbocycles. The number of ether oxygens (including phenoxy) is 2. The largest absolute Gasteiger partial charge is 0.353 e. The first-order chi connectivity index (χ1) is 5.24. The van der Waals surface area contributed by atoms with Crippen molar-refractivity contribution >= 4 is 0 Å².